The van der Waals surface area contributed by atoms with Gasteiger partial charge in [0.25, 0.3) is 5.91 Å². The summed E-state index contributed by atoms with van der Waals surface area (Å²) in [5.74, 6) is 0.847. The van der Waals surface area contributed by atoms with Crippen molar-refractivity contribution in [1.29, 1.82) is 0 Å². The number of ether oxygens (including phenoxy) is 1. The lowest BCUT2D eigenvalue weighted by Gasteiger charge is -2.36. The molecular formula is C24H28N4O3. The Hall–Kier alpha value is -3.48. The van der Waals surface area contributed by atoms with E-state index < -0.39 is 0 Å². The first-order valence-electron chi connectivity index (χ1n) is 10.7. The van der Waals surface area contributed by atoms with Crippen molar-refractivity contribution in [2.75, 3.05) is 44.7 Å². The number of nitrogens with one attached hydrogen (secondary N) is 2. The summed E-state index contributed by atoms with van der Waals surface area (Å²) in [5, 5.41) is 3.91. The van der Waals surface area contributed by atoms with E-state index in [2.05, 4.69) is 15.2 Å². The third-order valence-electron chi connectivity index (χ3n) is 5.70. The van der Waals surface area contributed by atoms with Crippen molar-refractivity contribution in [3.63, 3.8) is 0 Å². The highest BCUT2D eigenvalue weighted by molar-refractivity contribution is 5.97. The zero-order chi connectivity index (χ0) is 21.6. The maximum atomic E-state index is 12.5. The molecule has 0 spiro atoms. The molecule has 0 bridgehead atoms. The fourth-order valence-corrected chi connectivity index (χ4v) is 3.90. The smallest absolute Gasteiger partial charge is 0.267 e. The first-order chi connectivity index (χ1) is 15.1. The number of amides is 2. The molecule has 2 aromatic carbocycles. The fourth-order valence-electron chi connectivity index (χ4n) is 3.90. The average molecular weight is 421 g/mol. The molecule has 0 radical (unpaired) electrons. The van der Waals surface area contributed by atoms with Gasteiger partial charge in [-0.25, -0.2) is 0 Å². The normalized spacial score (nSPS) is 14.0. The van der Waals surface area contributed by atoms with Gasteiger partial charge < -0.3 is 24.8 Å². The number of benzene rings is 2. The van der Waals surface area contributed by atoms with Gasteiger partial charge in [-0.1, -0.05) is 18.2 Å². The van der Waals surface area contributed by atoms with Crippen LogP contribution in [0, 0.1) is 0 Å². The molecule has 2 amide bonds. The van der Waals surface area contributed by atoms with E-state index in [1.807, 2.05) is 59.5 Å². The van der Waals surface area contributed by atoms with Crippen LogP contribution in [0.1, 0.15) is 23.3 Å². The zero-order valence-electron chi connectivity index (χ0n) is 17.8. The van der Waals surface area contributed by atoms with Crippen LogP contribution in [0.25, 0.3) is 10.9 Å². The largest absolute Gasteiger partial charge is 0.497 e. The van der Waals surface area contributed by atoms with Crippen molar-refractivity contribution in [2.45, 2.75) is 12.8 Å². The highest BCUT2D eigenvalue weighted by atomic mass is 16.5. The maximum Gasteiger partial charge on any atom is 0.267 e. The highest BCUT2D eigenvalue weighted by Crippen LogP contribution is 2.20. The molecule has 0 aliphatic carbocycles. The van der Waals surface area contributed by atoms with Gasteiger partial charge >= 0.3 is 0 Å². The Balaban J connectivity index is 1.17. The third kappa shape index (κ3) is 4.99. The Morgan fingerprint density at radius 1 is 1.03 bits per heavy atom. The van der Waals surface area contributed by atoms with Crippen molar-refractivity contribution >= 4 is 28.4 Å². The van der Waals surface area contributed by atoms with Crippen molar-refractivity contribution < 1.29 is 14.3 Å². The summed E-state index contributed by atoms with van der Waals surface area (Å²) in [6.45, 7) is 3.54. The van der Waals surface area contributed by atoms with Crippen LogP contribution in [0.3, 0.4) is 0 Å². The third-order valence-corrected chi connectivity index (χ3v) is 5.70. The molecule has 2 N–H and O–H groups in total. The number of methoxy groups -OCH3 is 1. The van der Waals surface area contributed by atoms with E-state index >= 15 is 0 Å². The molecular weight excluding hydrogens is 392 g/mol. The highest BCUT2D eigenvalue weighted by Gasteiger charge is 2.21. The van der Waals surface area contributed by atoms with E-state index in [0.29, 0.717) is 38.2 Å². The summed E-state index contributed by atoms with van der Waals surface area (Å²) >= 11 is 0. The number of fused-ring (bicyclic) bond motifs is 1. The number of anilines is 1. The molecule has 1 aromatic heterocycles. The summed E-state index contributed by atoms with van der Waals surface area (Å²) in [4.78, 5) is 32.2. The van der Waals surface area contributed by atoms with Crippen LogP contribution in [0.2, 0.25) is 0 Å². The second kappa shape index (κ2) is 9.55. The number of hydrogen-bond acceptors (Lipinski definition) is 4. The first-order valence-corrected chi connectivity index (χ1v) is 10.7. The molecule has 0 saturated carbocycles. The van der Waals surface area contributed by atoms with Crippen LogP contribution in [-0.4, -0.2) is 61.5 Å². The Labute approximate surface area is 182 Å². The molecule has 0 unspecified atom stereocenters. The van der Waals surface area contributed by atoms with E-state index in [9.17, 15) is 9.59 Å². The predicted molar refractivity (Wildman–Crippen MR) is 122 cm³/mol. The van der Waals surface area contributed by atoms with Gasteiger partial charge in [0.05, 0.1) is 7.11 Å². The molecule has 4 rings (SSSR count). The molecule has 0 atom stereocenters. The van der Waals surface area contributed by atoms with Gasteiger partial charge in [-0.05, 0) is 42.8 Å². The van der Waals surface area contributed by atoms with E-state index in [-0.39, 0.29) is 11.8 Å². The lowest BCUT2D eigenvalue weighted by atomic mass is 10.2. The number of aromatic nitrogens is 1. The Morgan fingerprint density at radius 3 is 2.48 bits per heavy atom. The Bertz CT molecular complexity index is 1000. The van der Waals surface area contributed by atoms with Crippen molar-refractivity contribution in [1.82, 2.24) is 15.2 Å². The van der Waals surface area contributed by atoms with Crippen molar-refractivity contribution in [3.8, 4) is 5.75 Å². The van der Waals surface area contributed by atoms with Gasteiger partial charge in [0.15, 0.2) is 0 Å². The maximum absolute atomic E-state index is 12.5. The van der Waals surface area contributed by atoms with Crippen molar-refractivity contribution in [2.24, 2.45) is 0 Å². The Morgan fingerprint density at radius 2 is 1.77 bits per heavy atom. The second-order valence-corrected chi connectivity index (χ2v) is 7.70. The summed E-state index contributed by atoms with van der Waals surface area (Å²) < 4.78 is 5.21. The molecule has 1 fully saturated rings. The van der Waals surface area contributed by atoms with Crippen LogP contribution in [0.15, 0.2) is 54.6 Å². The van der Waals surface area contributed by atoms with Gasteiger partial charge in [-0.15, -0.1) is 0 Å². The van der Waals surface area contributed by atoms with Crippen LogP contribution >= 0.6 is 0 Å². The van der Waals surface area contributed by atoms with Gasteiger partial charge in [0.1, 0.15) is 11.4 Å². The SMILES string of the molecule is COc1ccc(N2CCN(C(=O)CCCNC(=O)c3cc4ccccc4[nH]3)CC2)cc1. The zero-order valence-corrected chi connectivity index (χ0v) is 17.8. The summed E-state index contributed by atoms with van der Waals surface area (Å²) in [6, 6.07) is 17.6. The minimum atomic E-state index is -0.142. The number of para-hydroxylation sites is 1. The van der Waals surface area contributed by atoms with E-state index in [1.54, 1.807) is 7.11 Å². The number of carbonyl (C=O) groups excluding carboxylic acids is 2. The number of aromatic amines is 1. The number of piperazine rings is 1. The van der Waals surface area contributed by atoms with Crippen LogP contribution in [0.4, 0.5) is 5.69 Å². The number of nitrogens with zero attached hydrogens (tertiary/aromatic N) is 2. The molecule has 1 saturated heterocycles. The number of H-pyrrole nitrogens is 1. The molecule has 2 heterocycles. The van der Waals surface area contributed by atoms with Gasteiger partial charge in [0, 0.05) is 55.7 Å². The molecule has 1 aliphatic heterocycles. The monoisotopic (exact) mass is 420 g/mol. The van der Waals surface area contributed by atoms with E-state index in [4.69, 9.17) is 4.74 Å². The van der Waals surface area contributed by atoms with Crippen LogP contribution < -0.4 is 15.0 Å². The number of hydrogen-bond donors (Lipinski definition) is 2. The quantitative estimate of drug-likeness (QED) is 0.576. The van der Waals surface area contributed by atoms with Gasteiger partial charge in [-0.3, -0.25) is 9.59 Å². The topological polar surface area (TPSA) is 77.7 Å². The number of carbonyl (C=O) groups is 2. The van der Waals surface area contributed by atoms with Crippen LogP contribution in [-0.2, 0) is 4.79 Å². The fraction of sp³-hybridized carbons (Fsp3) is 0.333. The summed E-state index contributed by atoms with van der Waals surface area (Å²) in [5.41, 5.74) is 2.63. The lowest BCUT2D eigenvalue weighted by molar-refractivity contribution is -0.131. The van der Waals surface area contributed by atoms with Gasteiger partial charge in [0.2, 0.25) is 5.91 Å². The van der Waals surface area contributed by atoms with E-state index in [0.717, 1.165) is 35.4 Å². The molecule has 3 aromatic rings. The van der Waals surface area contributed by atoms with Crippen LogP contribution in [0.5, 0.6) is 5.75 Å². The molecule has 7 heteroatoms. The van der Waals surface area contributed by atoms with Crippen molar-refractivity contribution in [3.05, 3.63) is 60.3 Å². The minimum absolute atomic E-state index is 0.142. The molecule has 7 nitrogen and oxygen atoms in total. The second-order valence-electron chi connectivity index (χ2n) is 7.70. The summed E-state index contributed by atoms with van der Waals surface area (Å²) in [6.07, 6.45) is 1.07. The molecule has 1 aliphatic rings. The van der Waals surface area contributed by atoms with E-state index in [1.165, 1.54) is 0 Å². The molecule has 162 valence electrons. The standard InChI is InChI=1S/C24H28N4O3/c1-31-20-10-8-19(9-11-20)27-13-15-28(16-14-27)23(29)7-4-12-25-24(30)22-17-18-5-2-3-6-21(18)26-22/h2-3,5-6,8-11,17,26H,4,7,12-16H2,1H3,(H,25,30). The molecule has 31 heavy (non-hydrogen) atoms. The first kappa shape index (κ1) is 20.8. The Kier molecular flexibility index (Phi) is 6.40. The minimum Gasteiger partial charge on any atom is -0.497 e. The summed E-state index contributed by atoms with van der Waals surface area (Å²) in [7, 11) is 1.66. The lowest BCUT2D eigenvalue weighted by Crippen LogP contribution is -2.48. The number of rotatable bonds is 7. The average Bonchev–Trinajstić information content (AvgIpc) is 3.26. The van der Waals surface area contributed by atoms with Gasteiger partial charge in [-0.2, -0.15) is 0 Å². The predicted octanol–water partition coefficient (Wildman–Crippen LogP) is 3.04.